The second kappa shape index (κ2) is 4.72. The van der Waals surface area contributed by atoms with Crippen LogP contribution in [0.4, 0.5) is 0 Å². The van der Waals surface area contributed by atoms with E-state index < -0.39 is 0 Å². The van der Waals surface area contributed by atoms with Gasteiger partial charge in [0, 0.05) is 19.6 Å². The van der Waals surface area contributed by atoms with Gasteiger partial charge in [-0.05, 0) is 26.4 Å². The van der Waals surface area contributed by atoms with Crippen LogP contribution < -0.4 is 5.32 Å². The summed E-state index contributed by atoms with van der Waals surface area (Å²) in [6, 6.07) is 0.598. The van der Waals surface area contributed by atoms with Crippen LogP contribution in [0.25, 0.3) is 0 Å². The van der Waals surface area contributed by atoms with Crippen LogP contribution in [0.15, 0.2) is 6.33 Å². The Bertz CT molecular complexity index is 309. The van der Waals surface area contributed by atoms with Crippen molar-refractivity contribution in [1.82, 2.24) is 25.0 Å². The monoisotopic (exact) mass is 209 g/mol. The summed E-state index contributed by atoms with van der Waals surface area (Å²) < 4.78 is 1.96. The van der Waals surface area contributed by atoms with Gasteiger partial charge < -0.3 is 14.8 Å². The molecule has 1 aromatic heterocycles. The molecule has 2 heterocycles. The zero-order valence-corrected chi connectivity index (χ0v) is 9.48. The lowest BCUT2D eigenvalue weighted by Gasteiger charge is -2.30. The summed E-state index contributed by atoms with van der Waals surface area (Å²) in [6.07, 6.45) is 4.29. The van der Waals surface area contributed by atoms with Gasteiger partial charge in [-0.1, -0.05) is 0 Å². The minimum Gasteiger partial charge on any atom is -0.320 e. The largest absolute Gasteiger partial charge is 0.320 e. The van der Waals surface area contributed by atoms with Crippen LogP contribution in [-0.4, -0.2) is 45.8 Å². The molecule has 0 bridgehead atoms. The number of nitrogens with zero attached hydrogens (tertiary/aromatic N) is 4. The molecule has 15 heavy (non-hydrogen) atoms. The van der Waals surface area contributed by atoms with Crippen LogP contribution in [0.5, 0.6) is 0 Å². The van der Waals surface area contributed by atoms with Crippen molar-refractivity contribution in [3.63, 3.8) is 0 Å². The van der Waals surface area contributed by atoms with Crippen molar-refractivity contribution in [3.8, 4) is 0 Å². The number of nitrogens with one attached hydrogen (secondary N) is 1. The van der Waals surface area contributed by atoms with Crippen LogP contribution >= 0.6 is 0 Å². The summed E-state index contributed by atoms with van der Waals surface area (Å²) >= 11 is 0. The summed E-state index contributed by atoms with van der Waals surface area (Å²) in [5.74, 6) is 1.00. The van der Waals surface area contributed by atoms with Crippen LogP contribution in [-0.2, 0) is 13.6 Å². The quantitative estimate of drug-likeness (QED) is 0.761. The molecule has 1 aliphatic heterocycles. The number of hydrogen-bond acceptors (Lipinski definition) is 4. The molecule has 2 rings (SSSR count). The first kappa shape index (κ1) is 10.6. The molecule has 0 amide bonds. The fourth-order valence-corrected chi connectivity index (χ4v) is 2.04. The second-order valence-corrected chi connectivity index (χ2v) is 4.34. The Kier molecular flexibility index (Phi) is 3.33. The molecule has 0 spiro atoms. The molecule has 1 aliphatic rings. The van der Waals surface area contributed by atoms with Gasteiger partial charge in [0.05, 0.1) is 6.54 Å². The molecule has 0 aliphatic carbocycles. The number of hydrogen-bond donors (Lipinski definition) is 1. The van der Waals surface area contributed by atoms with Gasteiger partial charge in [0.15, 0.2) is 0 Å². The minimum atomic E-state index is 0.598. The average Bonchev–Trinajstić information content (AvgIpc) is 2.61. The topological polar surface area (TPSA) is 46.0 Å². The van der Waals surface area contributed by atoms with E-state index >= 15 is 0 Å². The van der Waals surface area contributed by atoms with Gasteiger partial charge >= 0.3 is 0 Å². The number of piperidine rings is 1. The summed E-state index contributed by atoms with van der Waals surface area (Å²) in [7, 11) is 4.15. The molecule has 5 heteroatoms. The lowest BCUT2D eigenvalue weighted by molar-refractivity contribution is 0.225. The number of likely N-dealkylation sites (N-methyl/N-ethyl adjacent to an activating group) is 1. The van der Waals surface area contributed by atoms with E-state index in [1.54, 1.807) is 6.33 Å². The maximum Gasteiger partial charge on any atom is 0.146 e. The van der Waals surface area contributed by atoms with E-state index in [4.69, 9.17) is 0 Å². The van der Waals surface area contributed by atoms with Crippen molar-refractivity contribution in [2.24, 2.45) is 7.05 Å². The van der Waals surface area contributed by atoms with Crippen molar-refractivity contribution >= 4 is 0 Å². The Morgan fingerprint density at radius 2 is 2.40 bits per heavy atom. The highest BCUT2D eigenvalue weighted by Crippen LogP contribution is 2.08. The van der Waals surface area contributed by atoms with Crippen LogP contribution in [0, 0.1) is 0 Å². The maximum absolute atomic E-state index is 4.06. The van der Waals surface area contributed by atoms with Gasteiger partial charge in [0.1, 0.15) is 12.2 Å². The van der Waals surface area contributed by atoms with Gasteiger partial charge in [0.2, 0.25) is 0 Å². The smallest absolute Gasteiger partial charge is 0.146 e. The zero-order chi connectivity index (χ0) is 10.7. The third-order valence-electron chi connectivity index (χ3n) is 2.98. The normalized spacial score (nSPS) is 23.2. The first-order valence-corrected chi connectivity index (χ1v) is 5.50. The van der Waals surface area contributed by atoms with E-state index in [-0.39, 0.29) is 0 Å². The van der Waals surface area contributed by atoms with Crippen molar-refractivity contribution in [2.75, 3.05) is 20.1 Å². The molecule has 1 N–H and O–H groups in total. The fourth-order valence-electron chi connectivity index (χ4n) is 2.04. The zero-order valence-electron chi connectivity index (χ0n) is 9.48. The molecular weight excluding hydrogens is 190 g/mol. The highest BCUT2D eigenvalue weighted by Gasteiger charge is 2.16. The van der Waals surface area contributed by atoms with Crippen molar-refractivity contribution in [2.45, 2.75) is 25.4 Å². The molecular formula is C10H19N5. The first-order valence-electron chi connectivity index (χ1n) is 5.50. The number of rotatable bonds is 3. The summed E-state index contributed by atoms with van der Waals surface area (Å²) in [4.78, 5) is 2.37. The van der Waals surface area contributed by atoms with E-state index in [0.29, 0.717) is 6.04 Å². The Labute approximate surface area is 90.5 Å². The highest BCUT2D eigenvalue weighted by molar-refractivity contribution is 4.86. The van der Waals surface area contributed by atoms with Gasteiger partial charge in [-0.3, -0.25) is 0 Å². The molecule has 1 atom stereocenters. The van der Waals surface area contributed by atoms with Gasteiger partial charge in [-0.25, -0.2) is 0 Å². The highest BCUT2D eigenvalue weighted by atomic mass is 15.3. The van der Waals surface area contributed by atoms with E-state index in [2.05, 4.69) is 27.5 Å². The molecule has 0 radical (unpaired) electrons. The fraction of sp³-hybridized carbons (Fsp3) is 0.800. The molecule has 0 saturated carbocycles. The molecule has 1 unspecified atom stereocenters. The number of likely N-dealkylation sites (tertiary alicyclic amines) is 1. The Morgan fingerprint density at radius 3 is 3.07 bits per heavy atom. The molecule has 1 aromatic rings. The maximum atomic E-state index is 4.06. The van der Waals surface area contributed by atoms with Crippen molar-refractivity contribution < 1.29 is 0 Å². The van der Waals surface area contributed by atoms with Gasteiger partial charge in [-0.2, -0.15) is 0 Å². The van der Waals surface area contributed by atoms with Crippen LogP contribution in [0.2, 0.25) is 0 Å². The van der Waals surface area contributed by atoms with Crippen LogP contribution in [0.1, 0.15) is 18.7 Å². The van der Waals surface area contributed by atoms with Crippen molar-refractivity contribution in [1.29, 1.82) is 0 Å². The van der Waals surface area contributed by atoms with Gasteiger partial charge in [0.25, 0.3) is 0 Å². The average molecular weight is 209 g/mol. The third-order valence-corrected chi connectivity index (χ3v) is 2.98. The van der Waals surface area contributed by atoms with E-state index in [0.717, 1.165) is 18.9 Å². The van der Waals surface area contributed by atoms with E-state index in [1.807, 2.05) is 11.6 Å². The number of aryl methyl sites for hydroxylation is 1. The molecule has 84 valence electrons. The Hall–Kier alpha value is -0.940. The Morgan fingerprint density at radius 1 is 1.53 bits per heavy atom. The predicted octanol–water partition coefficient (Wildman–Crippen LogP) is -0.00110. The first-order chi connectivity index (χ1) is 7.25. The molecule has 1 fully saturated rings. The minimum absolute atomic E-state index is 0.598. The van der Waals surface area contributed by atoms with E-state index in [9.17, 15) is 0 Å². The third kappa shape index (κ3) is 2.76. The lowest BCUT2D eigenvalue weighted by Crippen LogP contribution is -2.43. The summed E-state index contributed by atoms with van der Waals surface area (Å²) in [6.45, 7) is 3.18. The molecule has 1 saturated heterocycles. The SMILES string of the molecule is CN1CCCC(NCc2nncn2C)C1. The van der Waals surface area contributed by atoms with Crippen molar-refractivity contribution in [3.05, 3.63) is 12.2 Å². The summed E-state index contributed by atoms with van der Waals surface area (Å²) in [5, 5.41) is 11.4. The lowest BCUT2D eigenvalue weighted by atomic mass is 10.1. The summed E-state index contributed by atoms with van der Waals surface area (Å²) in [5.41, 5.74) is 0. The van der Waals surface area contributed by atoms with Gasteiger partial charge in [-0.15, -0.1) is 10.2 Å². The molecule has 0 aromatic carbocycles. The second-order valence-electron chi connectivity index (χ2n) is 4.34. The number of aromatic nitrogens is 3. The standard InChI is InChI=1S/C10H19N5/c1-14-5-3-4-9(7-14)11-6-10-13-12-8-15(10)2/h8-9,11H,3-7H2,1-2H3. The van der Waals surface area contributed by atoms with Crippen LogP contribution in [0.3, 0.4) is 0 Å². The predicted molar refractivity (Wildman–Crippen MR) is 58.4 cm³/mol. The molecule has 5 nitrogen and oxygen atoms in total. The Balaban J connectivity index is 1.80. The van der Waals surface area contributed by atoms with E-state index in [1.165, 1.54) is 19.4 Å².